The molecule has 1 heterocycles. The second-order valence-electron chi connectivity index (χ2n) is 8.84. The number of nitrogens with zero attached hydrogens (tertiary/aromatic N) is 3. The van der Waals surface area contributed by atoms with Crippen molar-refractivity contribution in [2.75, 3.05) is 6.54 Å². The van der Waals surface area contributed by atoms with Crippen LogP contribution in [0.25, 0.3) is 0 Å². The van der Waals surface area contributed by atoms with Crippen molar-refractivity contribution in [1.29, 1.82) is 0 Å². The zero-order valence-electron chi connectivity index (χ0n) is 19.3. The maximum absolute atomic E-state index is 13.4. The fourth-order valence-electron chi connectivity index (χ4n) is 4.57. The zero-order chi connectivity index (χ0) is 24.0. The summed E-state index contributed by atoms with van der Waals surface area (Å²) < 4.78 is 28.5. The van der Waals surface area contributed by atoms with Gasteiger partial charge in [-0.15, -0.1) is 6.58 Å². The van der Waals surface area contributed by atoms with E-state index in [1.54, 1.807) is 33.9 Å². The number of rotatable bonds is 10. The molecule has 0 aliphatic heterocycles. The first-order valence-electron chi connectivity index (χ1n) is 11.7. The highest BCUT2D eigenvalue weighted by atomic mass is 32.2. The van der Waals surface area contributed by atoms with Crippen LogP contribution in [-0.4, -0.2) is 35.3 Å². The number of aromatic nitrogens is 2. The molecule has 34 heavy (non-hydrogen) atoms. The first-order chi connectivity index (χ1) is 16.5. The second-order valence-corrected chi connectivity index (χ2v) is 10.7. The van der Waals surface area contributed by atoms with Gasteiger partial charge in [0.2, 0.25) is 20.9 Å². The number of amides is 1. The van der Waals surface area contributed by atoms with Crippen LogP contribution in [0.5, 0.6) is 0 Å². The largest absolute Gasteiger partial charge is 0.333 e. The first kappa shape index (κ1) is 24.0. The summed E-state index contributed by atoms with van der Waals surface area (Å²) in [4.78, 5) is 19.3. The molecule has 0 atom stereocenters. The minimum atomic E-state index is -3.70. The molecule has 1 aromatic heterocycles. The third kappa shape index (κ3) is 5.65. The van der Waals surface area contributed by atoms with Crippen molar-refractivity contribution >= 4 is 15.7 Å². The van der Waals surface area contributed by atoms with E-state index in [1.807, 2.05) is 48.5 Å². The summed E-state index contributed by atoms with van der Waals surface area (Å²) in [6.45, 7) is 4.89. The Kier molecular flexibility index (Phi) is 7.63. The number of hydrogen-bond donors (Lipinski definition) is 0. The van der Waals surface area contributed by atoms with Gasteiger partial charge in [0, 0.05) is 12.5 Å². The van der Waals surface area contributed by atoms with Crippen molar-refractivity contribution in [1.82, 2.24) is 14.5 Å². The van der Waals surface area contributed by atoms with Crippen LogP contribution in [0, 0.1) is 5.92 Å². The van der Waals surface area contributed by atoms with Gasteiger partial charge in [0.15, 0.2) is 0 Å². The van der Waals surface area contributed by atoms with E-state index < -0.39 is 9.84 Å². The van der Waals surface area contributed by atoms with Crippen molar-refractivity contribution in [3.05, 3.63) is 96.3 Å². The molecule has 0 bridgehead atoms. The molecule has 0 N–H and O–H groups in total. The SMILES string of the molecule is C=CCN(Cc1cnc(S(=O)(=O)Cc2ccccc2)n1Cc1ccccc1)C(=O)C1CCCC1. The highest BCUT2D eigenvalue weighted by Gasteiger charge is 2.29. The molecule has 1 aliphatic rings. The first-order valence-corrected chi connectivity index (χ1v) is 13.4. The van der Waals surface area contributed by atoms with Crippen molar-refractivity contribution in [3.63, 3.8) is 0 Å². The van der Waals surface area contributed by atoms with Crippen LogP contribution in [0.2, 0.25) is 0 Å². The molecule has 178 valence electrons. The Morgan fingerprint density at radius 3 is 2.26 bits per heavy atom. The van der Waals surface area contributed by atoms with Crippen LogP contribution < -0.4 is 0 Å². The molecule has 4 rings (SSSR count). The van der Waals surface area contributed by atoms with Crippen LogP contribution in [0.4, 0.5) is 0 Å². The van der Waals surface area contributed by atoms with Crippen molar-refractivity contribution in [2.24, 2.45) is 5.92 Å². The standard InChI is InChI=1S/C27H31N3O3S/c1-2-17-29(26(31)24-15-9-10-16-24)20-25-18-28-27(30(25)19-22-11-5-3-6-12-22)34(32,33)21-23-13-7-4-8-14-23/h2-8,11-14,18,24H,1,9-10,15-17,19-21H2. The Bertz CT molecular complexity index is 1210. The number of carbonyl (C=O) groups excluding carboxylic acids is 1. The van der Waals surface area contributed by atoms with Crippen LogP contribution in [0.1, 0.15) is 42.5 Å². The average Bonchev–Trinajstić information content (AvgIpc) is 3.51. The van der Waals surface area contributed by atoms with E-state index in [-0.39, 0.29) is 22.7 Å². The molecule has 3 aromatic rings. The molecule has 0 saturated heterocycles. The Hall–Kier alpha value is -3.19. The van der Waals surface area contributed by atoms with Gasteiger partial charge in [0.1, 0.15) is 0 Å². The monoisotopic (exact) mass is 477 g/mol. The molecule has 7 heteroatoms. The Morgan fingerprint density at radius 2 is 1.65 bits per heavy atom. The molecule has 0 unspecified atom stereocenters. The number of hydrogen-bond acceptors (Lipinski definition) is 4. The second kappa shape index (κ2) is 10.8. The zero-order valence-corrected chi connectivity index (χ0v) is 20.2. The molecule has 0 radical (unpaired) electrons. The van der Waals surface area contributed by atoms with E-state index in [1.165, 1.54) is 0 Å². The van der Waals surface area contributed by atoms with Crippen molar-refractivity contribution in [2.45, 2.75) is 49.7 Å². The molecular weight excluding hydrogens is 446 g/mol. The lowest BCUT2D eigenvalue weighted by Gasteiger charge is -2.25. The van der Waals surface area contributed by atoms with Crippen LogP contribution in [0.3, 0.4) is 0 Å². The lowest BCUT2D eigenvalue weighted by molar-refractivity contribution is -0.135. The number of carbonyl (C=O) groups is 1. The summed E-state index contributed by atoms with van der Waals surface area (Å²) in [6, 6.07) is 18.8. The lowest BCUT2D eigenvalue weighted by atomic mass is 10.1. The van der Waals surface area contributed by atoms with E-state index >= 15 is 0 Å². The Labute approximate surface area is 201 Å². The lowest BCUT2D eigenvalue weighted by Crippen LogP contribution is -2.35. The van der Waals surface area contributed by atoms with Gasteiger partial charge in [0.05, 0.1) is 30.7 Å². The highest BCUT2D eigenvalue weighted by Crippen LogP contribution is 2.28. The molecule has 1 fully saturated rings. The summed E-state index contributed by atoms with van der Waals surface area (Å²) in [5, 5.41) is 0.0297. The van der Waals surface area contributed by atoms with Gasteiger partial charge in [-0.3, -0.25) is 4.79 Å². The van der Waals surface area contributed by atoms with E-state index in [2.05, 4.69) is 11.6 Å². The number of benzene rings is 2. The minimum absolute atomic E-state index is 0.0297. The van der Waals surface area contributed by atoms with E-state index in [4.69, 9.17) is 0 Å². The summed E-state index contributed by atoms with van der Waals surface area (Å²) in [5.41, 5.74) is 2.38. The number of imidazole rings is 1. The summed E-state index contributed by atoms with van der Waals surface area (Å²) in [6.07, 6.45) is 7.29. The van der Waals surface area contributed by atoms with Gasteiger partial charge in [-0.05, 0) is 24.0 Å². The molecule has 0 spiro atoms. The topological polar surface area (TPSA) is 72.3 Å². The van der Waals surface area contributed by atoms with Crippen LogP contribution in [-0.2, 0) is 33.5 Å². The molecule has 6 nitrogen and oxygen atoms in total. The predicted octanol–water partition coefficient (Wildman–Crippen LogP) is 4.61. The van der Waals surface area contributed by atoms with Gasteiger partial charge in [-0.25, -0.2) is 13.4 Å². The predicted molar refractivity (Wildman–Crippen MR) is 133 cm³/mol. The minimum Gasteiger partial charge on any atom is -0.333 e. The molecular formula is C27H31N3O3S. The van der Waals surface area contributed by atoms with E-state index in [0.29, 0.717) is 30.9 Å². The smallest absolute Gasteiger partial charge is 0.228 e. The molecule has 2 aromatic carbocycles. The number of sulfone groups is 1. The normalized spacial score (nSPS) is 14.2. The Morgan fingerprint density at radius 1 is 1.03 bits per heavy atom. The molecule has 1 aliphatic carbocycles. The highest BCUT2D eigenvalue weighted by molar-refractivity contribution is 7.90. The fraction of sp³-hybridized carbons (Fsp3) is 0.333. The maximum Gasteiger partial charge on any atom is 0.228 e. The average molecular weight is 478 g/mol. The van der Waals surface area contributed by atoms with Gasteiger partial charge in [0.25, 0.3) is 0 Å². The summed E-state index contributed by atoms with van der Waals surface area (Å²) >= 11 is 0. The summed E-state index contributed by atoms with van der Waals surface area (Å²) in [7, 11) is -3.70. The van der Waals surface area contributed by atoms with Crippen LogP contribution >= 0.6 is 0 Å². The van der Waals surface area contributed by atoms with Gasteiger partial charge < -0.3 is 9.47 Å². The maximum atomic E-state index is 13.4. The summed E-state index contributed by atoms with van der Waals surface area (Å²) in [5.74, 6) is 0.0153. The Balaban J connectivity index is 1.68. The van der Waals surface area contributed by atoms with E-state index in [0.717, 1.165) is 31.2 Å². The third-order valence-electron chi connectivity index (χ3n) is 6.28. The quantitative estimate of drug-likeness (QED) is 0.400. The van der Waals surface area contributed by atoms with Gasteiger partial charge in [-0.1, -0.05) is 79.6 Å². The van der Waals surface area contributed by atoms with Crippen LogP contribution in [0.15, 0.2) is 84.7 Å². The third-order valence-corrected chi connectivity index (χ3v) is 7.88. The van der Waals surface area contributed by atoms with Gasteiger partial charge >= 0.3 is 0 Å². The van der Waals surface area contributed by atoms with E-state index in [9.17, 15) is 13.2 Å². The van der Waals surface area contributed by atoms with Crippen molar-refractivity contribution in [3.8, 4) is 0 Å². The fourth-order valence-corrected chi connectivity index (χ4v) is 6.07. The molecule has 1 saturated carbocycles. The van der Waals surface area contributed by atoms with Crippen molar-refractivity contribution < 1.29 is 13.2 Å². The van der Waals surface area contributed by atoms with Gasteiger partial charge in [-0.2, -0.15) is 0 Å². The molecule has 1 amide bonds.